The molecular formula is C21H24ClNOS. The summed E-state index contributed by atoms with van der Waals surface area (Å²) in [7, 11) is 0. The predicted octanol–water partition coefficient (Wildman–Crippen LogP) is 5.30. The van der Waals surface area contributed by atoms with Gasteiger partial charge in [0.2, 0.25) is 5.91 Å². The summed E-state index contributed by atoms with van der Waals surface area (Å²) in [6, 6.07) is 18.5. The zero-order valence-corrected chi connectivity index (χ0v) is 15.9. The number of piperidine rings is 1. The van der Waals surface area contributed by atoms with Crippen molar-refractivity contribution < 1.29 is 4.79 Å². The second kappa shape index (κ2) is 9.30. The lowest BCUT2D eigenvalue weighted by molar-refractivity contribution is -0.132. The van der Waals surface area contributed by atoms with Gasteiger partial charge < -0.3 is 4.90 Å². The molecule has 0 unspecified atom stereocenters. The van der Waals surface area contributed by atoms with Crippen LogP contribution in [0.4, 0.5) is 0 Å². The van der Waals surface area contributed by atoms with Gasteiger partial charge in [0.15, 0.2) is 0 Å². The lowest BCUT2D eigenvalue weighted by atomic mass is 9.90. The van der Waals surface area contributed by atoms with Crippen molar-refractivity contribution in [3.8, 4) is 0 Å². The topological polar surface area (TPSA) is 20.3 Å². The van der Waals surface area contributed by atoms with Crippen LogP contribution in [0.3, 0.4) is 0 Å². The van der Waals surface area contributed by atoms with E-state index >= 15 is 0 Å². The molecule has 0 saturated carbocycles. The number of likely N-dealkylation sites (tertiary alicyclic amines) is 1. The molecule has 1 heterocycles. The maximum atomic E-state index is 12.4. The van der Waals surface area contributed by atoms with Crippen LogP contribution in [-0.4, -0.2) is 29.6 Å². The number of rotatable bonds is 6. The third-order valence-electron chi connectivity index (χ3n) is 4.73. The summed E-state index contributed by atoms with van der Waals surface area (Å²) in [6.45, 7) is 1.81. The molecule has 0 spiro atoms. The monoisotopic (exact) mass is 373 g/mol. The Morgan fingerprint density at radius 3 is 2.40 bits per heavy atom. The summed E-state index contributed by atoms with van der Waals surface area (Å²) in [5.74, 6) is 1.82. The van der Waals surface area contributed by atoms with Crippen molar-refractivity contribution in [1.29, 1.82) is 0 Å². The minimum atomic E-state index is 0.291. The molecule has 0 radical (unpaired) electrons. The van der Waals surface area contributed by atoms with Gasteiger partial charge in [-0.3, -0.25) is 4.79 Å². The number of thioether (sulfide) groups is 1. The predicted molar refractivity (Wildman–Crippen MR) is 106 cm³/mol. The van der Waals surface area contributed by atoms with Crippen LogP contribution in [0.2, 0.25) is 5.02 Å². The first-order valence-electron chi connectivity index (χ1n) is 8.91. The minimum absolute atomic E-state index is 0.291. The van der Waals surface area contributed by atoms with Crippen LogP contribution in [0.5, 0.6) is 0 Å². The largest absolute Gasteiger partial charge is 0.343 e. The van der Waals surface area contributed by atoms with E-state index in [2.05, 4.69) is 30.3 Å². The van der Waals surface area contributed by atoms with Crippen molar-refractivity contribution in [2.24, 2.45) is 5.92 Å². The zero-order valence-electron chi connectivity index (χ0n) is 14.4. The molecule has 0 N–H and O–H groups in total. The highest BCUT2D eigenvalue weighted by Gasteiger charge is 2.22. The lowest BCUT2D eigenvalue weighted by Gasteiger charge is -2.32. The molecule has 2 aromatic carbocycles. The molecule has 1 saturated heterocycles. The SMILES string of the molecule is O=C(CCSc1ccc(Cl)cc1)N1CCC(Cc2ccccc2)CC1. The van der Waals surface area contributed by atoms with Crippen molar-refractivity contribution in [1.82, 2.24) is 4.90 Å². The van der Waals surface area contributed by atoms with E-state index in [0.29, 0.717) is 18.2 Å². The van der Waals surface area contributed by atoms with E-state index in [-0.39, 0.29) is 0 Å². The van der Waals surface area contributed by atoms with Crippen LogP contribution >= 0.6 is 23.4 Å². The van der Waals surface area contributed by atoms with Gasteiger partial charge in [0.25, 0.3) is 0 Å². The van der Waals surface area contributed by atoms with E-state index in [9.17, 15) is 4.79 Å². The van der Waals surface area contributed by atoms with E-state index in [1.165, 1.54) is 10.5 Å². The normalized spacial score (nSPS) is 15.3. The molecule has 2 nitrogen and oxygen atoms in total. The molecule has 132 valence electrons. The molecule has 3 rings (SSSR count). The molecule has 0 aromatic heterocycles. The molecule has 0 aliphatic carbocycles. The summed E-state index contributed by atoms with van der Waals surface area (Å²) in [4.78, 5) is 15.6. The summed E-state index contributed by atoms with van der Waals surface area (Å²) in [6.07, 6.45) is 3.97. The maximum absolute atomic E-state index is 12.4. The van der Waals surface area contributed by atoms with E-state index < -0.39 is 0 Å². The Labute approximate surface area is 159 Å². The van der Waals surface area contributed by atoms with Gasteiger partial charge in [-0.2, -0.15) is 0 Å². The maximum Gasteiger partial charge on any atom is 0.223 e. The molecule has 1 fully saturated rings. The first-order valence-corrected chi connectivity index (χ1v) is 10.3. The number of nitrogens with zero attached hydrogens (tertiary/aromatic N) is 1. The molecule has 1 aliphatic heterocycles. The fourth-order valence-electron chi connectivity index (χ4n) is 3.28. The average molecular weight is 374 g/mol. The van der Waals surface area contributed by atoms with Crippen molar-refractivity contribution in [2.75, 3.05) is 18.8 Å². The molecule has 1 amide bonds. The molecular weight excluding hydrogens is 350 g/mol. The van der Waals surface area contributed by atoms with Gasteiger partial charge in [-0.25, -0.2) is 0 Å². The highest BCUT2D eigenvalue weighted by molar-refractivity contribution is 7.99. The van der Waals surface area contributed by atoms with E-state index in [0.717, 1.165) is 43.1 Å². The van der Waals surface area contributed by atoms with Crippen LogP contribution in [0.1, 0.15) is 24.8 Å². The van der Waals surface area contributed by atoms with Crippen molar-refractivity contribution >= 4 is 29.3 Å². The zero-order chi connectivity index (χ0) is 17.5. The molecule has 4 heteroatoms. The number of carbonyl (C=O) groups is 1. The Kier molecular flexibility index (Phi) is 6.83. The third-order valence-corrected chi connectivity index (χ3v) is 6.00. The lowest BCUT2D eigenvalue weighted by Crippen LogP contribution is -2.39. The Morgan fingerprint density at radius 2 is 1.72 bits per heavy atom. The van der Waals surface area contributed by atoms with E-state index in [4.69, 9.17) is 11.6 Å². The number of amides is 1. The van der Waals surface area contributed by atoms with Crippen LogP contribution in [0, 0.1) is 5.92 Å². The van der Waals surface area contributed by atoms with Crippen LogP contribution < -0.4 is 0 Å². The molecule has 1 aliphatic rings. The number of carbonyl (C=O) groups excluding carboxylic acids is 1. The van der Waals surface area contributed by atoms with Gasteiger partial charge in [0.05, 0.1) is 0 Å². The van der Waals surface area contributed by atoms with Gasteiger partial charge >= 0.3 is 0 Å². The second-order valence-corrected chi connectivity index (χ2v) is 8.17. The smallest absolute Gasteiger partial charge is 0.223 e. The van der Waals surface area contributed by atoms with Gasteiger partial charge in [-0.1, -0.05) is 41.9 Å². The molecule has 0 atom stereocenters. The fraction of sp³-hybridized carbons (Fsp3) is 0.381. The Morgan fingerprint density at radius 1 is 1.04 bits per heavy atom. The number of benzene rings is 2. The van der Waals surface area contributed by atoms with Gasteiger partial charge in [-0.15, -0.1) is 11.8 Å². The average Bonchev–Trinajstić information content (AvgIpc) is 2.65. The Balaban J connectivity index is 1.37. The van der Waals surface area contributed by atoms with Gasteiger partial charge in [-0.05, 0) is 55.0 Å². The first kappa shape index (κ1) is 18.3. The summed E-state index contributed by atoms with van der Waals surface area (Å²) < 4.78 is 0. The Hall–Kier alpha value is -1.45. The van der Waals surface area contributed by atoms with Crippen LogP contribution in [0.25, 0.3) is 0 Å². The summed E-state index contributed by atoms with van der Waals surface area (Å²) in [5.41, 5.74) is 1.41. The summed E-state index contributed by atoms with van der Waals surface area (Å²) in [5, 5.41) is 0.749. The first-order chi connectivity index (χ1) is 12.2. The molecule has 0 bridgehead atoms. The van der Waals surface area contributed by atoms with Crippen molar-refractivity contribution in [3.05, 3.63) is 65.2 Å². The van der Waals surface area contributed by atoms with Crippen molar-refractivity contribution in [3.63, 3.8) is 0 Å². The van der Waals surface area contributed by atoms with Crippen molar-refractivity contribution in [2.45, 2.75) is 30.6 Å². The highest BCUT2D eigenvalue weighted by Crippen LogP contribution is 2.24. The summed E-state index contributed by atoms with van der Waals surface area (Å²) >= 11 is 7.61. The van der Waals surface area contributed by atoms with Crippen LogP contribution in [-0.2, 0) is 11.2 Å². The number of hydrogen-bond acceptors (Lipinski definition) is 2. The minimum Gasteiger partial charge on any atom is -0.343 e. The molecule has 2 aromatic rings. The van der Waals surface area contributed by atoms with Crippen LogP contribution in [0.15, 0.2) is 59.5 Å². The van der Waals surface area contributed by atoms with Gasteiger partial charge in [0, 0.05) is 35.2 Å². The van der Waals surface area contributed by atoms with E-state index in [1.54, 1.807) is 11.8 Å². The highest BCUT2D eigenvalue weighted by atomic mass is 35.5. The van der Waals surface area contributed by atoms with E-state index in [1.807, 2.05) is 29.2 Å². The molecule has 25 heavy (non-hydrogen) atoms. The fourth-order valence-corrected chi connectivity index (χ4v) is 4.25. The standard InChI is InChI=1S/C21H24ClNOS/c22-19-6-8-20(9-7-19)25-15-12-21(24)23-13-10-18(11-14-23)16-17-4-2-1-3-5-17/h1-9,18H,10-16H2. The Bertz CT molecular complexity index is 666. The number of hydrogen-bond donors (Lipinski definition) is 0. The number of halogens is 1. The van der Waals surface area contributed by atoms with Gasteiger partial charge in [0.1, 0.15) is 0 Å². The third kappa shape index (κ3) is 5.79. The second-order valence-electron chi connectivity index (χ2n) is 6.57. The quantitative estimate of drug-likeness (QED) is 0.640.